The number of hydrogen-bond donors (Lipinski definition) is 2. The third-order valence-electron chi connectivity index (χ3n) is 3.82. The van der Waals surface area contributed by atoms with Crippen molar-refractivity contribution in [1.29, 1.82) is 0 Å². The van der Waals surface area contributed by atoms with E-state index in [1.165, 1.54) is 12.1 Å². The highest BCUT2D eigenvalue weighted by molar-refractivity contribution is 5.81. The zero-order valence-electron chi connectivity index (χ0n) is 12.0. The first-order chi connectivity index (χ1) is 10.4. The van der Waals surface area contributed by atoms with Crippen molar-refractivity contribution in [2.75, 3.05) is 13.1 Å². The van der Waals surface area contributed by atoms with E-state index in [1.54, 1.807) is 6.07 Å². The fourth-order valence-corrected chi connectivity index (χ4v) is 2.93. The number of nitrogens with two attached hydrogens (primary N) is 1. The van der Waals surface area contributed by atoms with Crippen LogP contribution < -0.4 is 10.5 Å². The van der Waals surface area contributed by atoms with Crippen molar-refractivity contribution >= 4 is 10.9 Å². The highest BCUT2D eigenvalue weighted by Crippen LogP contribution is 2.27. The maximum atomic E-state index is 12.2. The number of nitrogens with zero attached hydrogens (tertiary/aromatic N) is 1. The Kier molecular flexibility index (Phi) is 4.01. The molecule has 3 N–H and O–H groups in total. The Bertz CT molecular complexity index is 653. The molecular weight excluding hydrogens is 295 g/mol. The Morgan fingerprint density at radius 1 is 1.32 bits per heavy atom. The largest absolute Gasteiger partial charge is 0.573 e. The van der Waals surface area contributed by atoms with Gasteiger partial charge in [0.15, 0.2) is 0 Å². The van der Waals surface area contributed by atoms with Crippen LogP contribution in [-0.2, 0) is 6.54 Å². The highest BCUT2D eigenvalue weighted by Gasteiger charge is 2.31. The van der Waals surface area contributed by atoms with Gasteiger partial charge >= 0.3 is 6.36 Å². The lowest BCUT2D eigenvalue weighted by atomic mass is 10.1. The lowest BCUT2D eigenvalue weighted by Crippen LogP contribution is -2.42. The van der Waals surface area contributed by atoms with E-state index in [9.17, 15) is 13.2 Å². The van der Waals surface area contributed by atoms with Crippen LogP contribution in [0.2, 0.25) is 0 Å². The molecule has 1 aliphatic heterocycles. The summed E-state index contributed by atoms with van der Waals surface area (Å²) in [5.41, 5.74) is 7.72. The van der Waals surface area contributed by atoms with Crippen LogP contribution in [0.15, 0.2) is 24.3 Å². The molecule has 1 aromatic heterocycles. The Morgan fingerprint density at radius 2 is 2.14 bits per heavy atom. The molecule has 2 heterocycles. The third kappa shape index (κ3) is 3.72. The summed E-state index contributed by atoms with van der Waals surface area (Å²) in [4.78, 5) is 5.48. The second-order valence-electron chi connectivity index (χ2n) is 5.73. The number of benzene rings is 1. The van der Waals surface area contributed by atoms with Gasteiger partial charge in [-0.2, -0.15) is 0 Å². The molecule has 0 amide bonds. The standard InChI is InChI=1S/C15H18F3N3O/c16-15(17,18)22-13-3-4-14-10(7-13)6-12(20-14)9-21-5-1-2-11(19)8-21/h3-4,6-7,11,20H,1-2,5,8-9,19H2/t11-/m1/s1. The molecule has 1 aliphatic rings. The summed E-state index contributed by atoms with van der Waals surface area (Å²) < 4.78 is 40.7. The quantitative estimate of drug-likeness (QED) is 0.916. The first-order valence-electron chi connectivity index (χ1n) is 7.24. The van der Waals surface area contributed by atoms with Crippen molar-refractivity contribution in [3.8, 4) is 5.75 Å². The lowest BCUT2D eigenvalue weighted by molar-refractivity contribution is -0.274. The summed E-state index contributed by atoms with van der Waals surface area (Å²) in [5, 5.41) is 0.707. The predicted molar refractivity (Wildman–Crippen MR) is 77.5 cm³/mol. The Hall–Kier alpha value is -1.73. The van der Waals surface area contributed by atoms with Crippen LogP contribution >= 0.6 is 0 Å². The van der Waals surface area contributed by atoms with Gasteiger partial charge in [-0.1, -0.05) is 0 Å². The van der Waals surface area contributed by atoms with E-state index in [2.05, 4.69) is 14.6 Å². The van der Waals surface area contributed by atoms with Crippen LogP contribution in [0.4, 0.5) is 13.2 Å². The van der Waals surface area contributed by atoms with E-state index >= 15 is 0 Å². The van der Waals surface area contributed by atoms with Gasteiger partial charge in [0.05, 0.1) is 0 Å². The second kappa shape index (κ2) is 5.81. The summed E-state index contributed by atoms with van der Waals surface area (Å²) in [7, 11) is 0. The molecule has 1 aromatic carbocycles. The normalized spacial score (nSPS) is 20.5. The molecule has 3 rings (SSSR count). The van der Waals surface area contributed by atoms with Crippen molar-refractivity contribution in [2.24, 2.45) is 5.73 Å². The number of likely N-dealkylation sites (tertiary alicyclic amines) is 1. The highest BCUT2D eigenvalue weighted by atomic mass is 19.4. The number of ether oxygens (including phenoxy) is 1. The number of alkyl halides is 3. The zero-order valence-corrected chi connectivity index (χ0v) is 12.0. The molecule has 0 saturated carbocycles. The van der Waals surface area contributed by atoms with Crippen molar-refractivity contribution in [3.05, 3.63) is 30.0 Å². The molecule has 2 aromatic rings. The lowest BCUT2D eigenvalue weighted by Gasteiger charge is -2.30. The van der Waals surface area contributed by atoms with E-state index in [0.717, 1.165) is 43.7 Å². The van der Waals surface area contributed by atoms with E-state index in [1.807, 2.05) is 6.07 Å². The summed E-state index contributed by atoms with van der Waals surface area (Å²) >= 11 is 0. The molecule has 0 radical (unpaired) electrons. The molecule has 22 heavy (non-hydrogen) atoms. The van der Waals surface area contributed by atoms with Crippen LogP contribution in [0.5, 0.6) is 5.75 Å². The van der Waals surface area contributed by atoms with Gasteiger partial charge in [0.2, 0.25) is 0 Å². The Balaban J connectivity index is 1.75. The molecule has 4 nitrogen and oxygen atoms in total. The maximum absolute atomic E-state index is 12.2. The number of halogens is 3. The minimum Gasteiger partial charge on any atom is -0.406 e. The van der Waals surface area contributed by atoms with E-state index in [0.29, 0.717) is 5.39 Å². The monoisotopic (exact) mass is 313 g/mol. The average molecular weight is 313 g/mol. The van der Waals surface area contributed by atoms with E-state index in [4.69, 9.17) is 5.73 Å². The number of piperidine rings is 1. The SMILES string of the molecule is N[C@@H]1CCCN(Cc2cc3cc(OC(F)(F)F)ccc3[nH]2)C1. The Labute approximate surface area is 126 Å². The van der Waals surface area contributed by atoms with Crippen LogP contribution in [0, 0.1) is 0 Å². The van der Waals surface area contributed by atoms with E-state index < -0.39 is 6.36 Å². The first-order valence-corrected chi connectivity index (χ1v) is 7.24. The summed E-state index contributed by atoms with van der Waals surface area (Å²) in [6.07, 6.45) is -2.55. The minimum atomic E-state index is -4.67. The van der Waals surface area contributed by atoms with E-state index in [-0.39, 0.29) is 11.8 Å². The van der Waals surface area contributed by atoms with Gasteiger partial charge in [0, 0.05) is 35.7 Å². The van der Waals surface area contributed by atoms with Gasteiger partial charge < -0.3 is 15.5 Å². The number of fused-ring (bicyclic) bond motifs is 1. The van der Waals surface area contributed by atoms with Crippen LogP contribution in [0.1, 0.15) is 18.5 Å². The Morgan fingerprint density at radius 3 is 2.86 bits per heavy atom. The first kappa shape index (κ1) is 15.2. The van der Waals surface area contributed by atoms with Gasteiger partial charge in [-0.15, -0.1) is 13.2 Å². The predicted octanol–water partition coefficient (Wildman–Crippen LogP) is 2.99. The fraction of sp³-hybridized carbons (Fsp3) is 0.467. The molecule has 0 aliphatic carbocycles. The third-order valence-corrected chi connectivity index (χ3v) is 3.82. The molecule has 0 unspecified atom stereocenters. The number of H-pyrrole nitrogens is 1. The molecular formula is C15H18F3N3O. The summed E-state index contributed by atoms with van der Waals surface area (Å²) in [6, 6.07) is 6.36. The fourth-order valence-electron chi connectivity index (χ4n) is 2.93. The van der Waals surface area contributed by atoms with Crippen molar-refractivity contribution in [2.45, 2.75) is 31.8 Å². The molecule has 7 heteroatoms. The average Bonchev–Trinajstić information content (AvgIpc) is 2.78. The number of hydrogen-bond acceptors (Lipinski definition) is 3. The molecule has 1 fully saturated rings. The molecule has 0 spiro atoms. The molecule has 120 valence electrons. The van der Waals surface area contributed by atoms with Gasteiger partial charge in [0.25, 0.3) is 0 Å². The number of rotatable bonds is 3. The van der Waals surface area contributed by atoms with Crippen molar-refractivity contribution in [3.63, 3.8) is 0 Å². The van der Waals surface area contributed by atoms with Gasteiger partial charge in [-0.25, -0.2) is 0 Å². The van der Waals surface area contributed by atoms with Crippen molar-refractivity contribution in [1.82, 2.24) is 9.88 Å². The van der Waals surface area contributed by atoms with Crippen LogP contribution in [0.3, 0.4) is 0 Å². The smallest absolute Gasteiger partial charge is 0.406 e. The molecule has 0 bridgehead atoms. The van der Waals surface area contributed by atoms with Gasteiger partial charge in [-0.05, 0) is 43.7 Å². The van der Waals surface area contributed by atoms with Gasteiger partial charge in [-0.3, -0.25) is 4.90 Å². The molecule has 1 saturated heterocycles. The zero-order chi connectivity index (χ0) is 15.7. The minimum absolute atomic E-state index is 0.199. The van der Waals surface area contributed by atoms with Crippen molar-refractivity contribution < 1.29 is 17.9 Å². The number of aromatic nitrogens is 1. The topological polar surface area (TPSA) is 54.3 Å². The van der Waals surface area contributed by atoms with Crippen LogP contribution in [0.25, 0.3) is 10.9 Å². The summed E-state index contributed by atoms with van der Waals surface area (Å²) in [6.45, 7) is 2.56. The second-order valence-corrected chi connectivity index (χ2v) is 5.73. The molecule has 1 atom stereocenters. The number of aromatic amines is 1. The summed E-state index contributed by atoms with van der Waals surface area (Å²) in [5.74, 6) is -0.203. The number of nitrogens with one attached hydrogen (secondary N) is 1. The maximum Gasteiger partial charge on any atom is 0.573 e. The van der Waals surface area contributed by atoms with Crippen LogP contribution in [-0.4, -0.2) is 35.4 Å². The van der Waals surface area contributed by atoms with Gasteiger partial charge in [0.1, 0.15) is 5.75 Å².